The van der Waals surface area contributed by atoms with E-state index in [2.05, 4.69) is 19.2 Å². The van der Waals surface area contributed by atoms with Gasteiger partial charge in [0.05, 0.1) is 10.6 Å². The summed E-state index contributed by atoms with van der Waals surface area (Å²) in [5.74, 6) is 0.165. The monoisotopic (exact) mass is 307 g/mol. The average molecular weight is 308 g/mol. The molecule has 2 rings (SSSR count). The second-order valence-corrected chi connectivity index (χ2v) is 5.70. The van der Waals surface area contributed by atoms with E-state index in [4.69, 9.17) is 23.2 Å². The van der Waals surface area contributed by atoms with Gasteiger partial charge in [0.25, 0.3) is 5.91 Å². The molecule has 20 heavy (non-hydrogen) atoms. The molecule has 0 unspecified atom stereocenters. The molecule has 1 N–H and O–H groups in total. The molecule has 0 heterocycles. The summed E-state index contributed by atoms with van der Waals surface area (Å²) in [6.07, 6.45) is 0. The highest BCUT2D eigenvalue weighted by Crippen LogP contribution is 2.23. The largest absolute Gasteiger partial charge is 0.322 e. The van der Waals surface area contributed by atoms with Crippen molar-refractivity contribution in [2.24, 2.45) is 0 Å². The molecule has 2 aromatic rings. The summed E-state index contributed by atoms with van der Waals surface area (Å²) in [6.45, 7) is 4.22. The first-order valence-corrected chi connectivity index (χ1v) is 7.09. The Bertz CT molecular complexity index is 638. The number of anilines is 1. The number of carbonyl (C=O) groups is 1. The van der Waals surface area contributed by atoms with Gasteiger partial charge in [-0.2, -0.15) is 0 Å². The van der Waals surface area contributed by atoms with Crippen LogP contribution in [0.4, 0.5) is 5.69 Å². The van der Waals surface area contributed by atoms with Crippen LogP contribution >= 0.6 is 23.2 Å². The molecule has 0 atom stereocenters. The van der Waals surface area contributed by atoms with E-state index in [1.54, 1.807) is 18.2 Å². The third-order valence-electron chi connectivity index (χ3n) is 2.99. The molecule has 4 heteroatoms. The minimum Gasteiger partial charge on any atom is -0.322 e. The lowest BCUT2D eigenvalue weighted by molar-refractivity contribution is 0.102. The first-order valence-electron chi connectivity index (χ1n) is 6.33. The predicted molar refractivity (Wildman–Crippen MR) is 84.9 cm³/mol. The lowest BCUT2D eigenvalue weighted by atomic mass is 10.0. The van der Waals surface area contributed by atoms with E-state index < -0.39 is 0 Å². The minimum absolute atomic E-state index is 0.243. The highest BCUT2D eigenvalue weighted by Gasteiger charge is 2.11. The van der Waals surface area contributed by atoms with Gasteiger partial charge in [0.15, 0.2) is 0 Å². The smallest absolute Gasteiger partial charge is 0.257 e. The number of carbonyl (C=O) groups excluding carboxylic acids is 1. The Hall–Kier alpha value is -1.51. The van der Waals surface area contributed by atoms with Gasteiger partial charge in [-0.25, -0.2) is 0 Å². The quantitative estimate of drug-likeness (QED) is 0.811. The van der Waals surface area contributed by atoms with Crippen molar-refractivity contribution in [3.63, 3.8) is 0 Å². The van der Waals surface area contributed by atoms with E-state index in [-0.39, 0.29) is 5.91 Å². The van der Waals surface area contributed by atoms with Gasteiger partial charge in [0, 0.05) is 10.7 Å². The van der Waals surface area contributed by atoms with Crippen molar-refractivity contribution in [1.29, 1.82) is 0 Å². The fourth-order valence-corrected chi connectivity index (χ4v) is 2.34. The van der Waals surface area contributed by atoms with Gasteiger partial charge < -0.3 is 5.32 Å². The van der Waals surface area contributed by atoms with Gasteiger partial charge in [0.2, 0.25) is 0 Å². The van der Waals surface area contributed by atoms with Crippen molar-refractivity contribution in [3.05, 3.63) is 63.6 Å². The Morgan fingerprint density at radius 2 is 1.85 bits per heavy atom. The van der Waals surface area contributed by atoms with Crippen LogP contribution in [0.5, 0.6) is 0 Å². The summed E-state index contributed by atoms with van der Waals surface area (Å²) in [6, 6.07) is 12.6. The molecule has 2 nitrogen and oxygen atoms in total. The second kappa shape index (κ2) is 6.29. The lowest BCUT2D eigenvalue weighted by Crippen LogP contribution is -2.12. The summed E-state index contributed by atoms with van der Waals surface area (Å²) < 4.78 is 0. The molecular weight excluding hydrogens is 293 g/mol. The molecule has 0 aromatic heterocycles. The van der Waals surface area contributed by atoms with E-state index >= 15 is 0 Å². The Kier molecular flexibility index (Phi) is 4.69. The maximum Gasteiger partial charge on any atom is 0.257 e. The number of amides is 1. The number of benzene rings is 2. The van der Waals surface area contributed by atoms with E-state index in [0.717, 1.165) is 5.69 Å². The Balaban J connectivity index is 2.21. The third-order valence-corrected chi connectivity index (χ3v) is 3.53. The minimum atomic E-state index is -0.243. The lowest BCUT2D eigenvalue weighted by Gasteiger charge is -2.10. The number of nitrogens with one attached hydrogen (secondary N) is 1. The molecule has 0 aliphatic rings. The maximum atomic E-state index is 12.2. The van der Waals surface area contributed by atoms with E-state index in [0.29, 0.717) is 21.5 Å². The molecule has 0 fully saturated rings. The van der Waals surface area contributed by atoms with E-state index in [1.165, 1.54) is 5.56 Å². The van der Waals surface area contributed by atoms with Crippen molar-refractivity contribution in [3.8, 4) is 0 Å². The predicted octanol–water partition coefficient (Wildman–Crippen LogP) is 5.37. The van der Waals surface area contributed by atoms with Crippen LogP contribution in [0, 0.1) is 0 Å². The fourth-order valence-electron chi connectivity index (χ4n) is 1.85. The molecule has 0 radical (unpaired) electrons. The van der Waals surface area contributed by atoms with Gasteiger partial charge in [-0.05, 0) is 41.8 Å². The molecule has 104 valence electrons. The van der Waals surface area contributed by atoms with Crippen LogP contribution in [0.25, 0.3) is 0 Å². The maximum absolute atomic E-state index is 12.2. The van der Waals surface area contributed by atoms with Gasteiger partial charge >= 0.3 is 0 Å². The zero-order valence-corrected chi connectivity index (χ0v) is 12.8. The Morgan fingerprint density at radius 1 is 1.10 bits per heavy atom. The van der Waals surface area contributed by atoms with Crippen molar-refractivity contribution >= 4 is 34.8 Å². The van der Waals surface area contributed by atoms with Crippen molar-refractivity contribution in [2.45, 2.75) is 19.8 Å². The molecule has 2 aromatic carbocycles. The highest BCUT2D eigenvalue weighted by molar-refractivity contribution is 6.37. The molecule has 0 spiro atoms. The van der Waals surface area contributed by atoms with Crippen LogP contribution in [0.3, 0.4) is 0 Å². The zero-order valence-electron chi connectivity index (χ0n) is 11.3. The van der Waals surface area contributed by atoms with E-state index in [1.807, 2.05) is 24.3 Å². The van der Waals surface area contributed by atoms with Crippen LogP contribution in [0.2, 0.25) is 10.0 Å². The molecule has 0 aliphatic heterocycles. The average Bonchev–Trinajstić information content (AvgIpc) is 2.38. The SMILES string of the molecule is CC(C)c1cccc(NC(=O)c2ccc(Cl)cc2Cl)c1. The normalized spacial score (nSPS) is 10.7. The van der Waals surface area contributed by atoms with Crippen LogP contribution in [0.15, 0.2) is 42.5 Å². The first-order chi connectivity index (χ1) is 9.47. The van der Waals surface area contributed by atoms with Crippen LogP contribution in [-0.4, -0.2) is 5.91 Å². The summed E-state index contributed by atoms with van der Waals surface area (Å²) in [5.41, 5.74) is 2.34. The number of hydrogen-bond donors (Lipinski definition) is 1. The van der Waals surface area contributed by atoms with Gasteiger partial charge in [-0.3, -0.25) is 4.79 Å². The molecule has 0 saturated carbocycles. The number of hydrogen-bond acceptors (Lipinski definition) is 1. The highest BCUT2D eigenvalue weighted by atomic mass is 35.5. The van der Waals surface area contributed by atoms with Crippen molar-refractivity contribution < 1.29 is 4.79 Å². The Labute approximate surface area is 128 Å². The van der Waals surface area contributed by atoms with Crippen molar-refractivity contribution in [2.75, 3.05) is 5.32 Å². The molecule has 0 bridgehead atoms. The fraction of sp³-hybridized carbons (Fsp3) is 0.188. The summed E-state index contributed by atoms with van der Waals surface area (Å²) in [4.78, 5) is 12.2. The first kappa shape index (κ1) is 14.9. The van der Waals surface area contributed by atoms with Crippen LogP contribution in [0.1, 0.15) is 35.7 Å². The Morgan fingerprint density at radius 3 is 2.50 bits per heavy atom. The zero-order chi connectivity index (χ0) is 14.7. The van der Waals surface area contributed by atoms with Gasteiger partial charge in [-0.1, -0.05) is 49.2 Å². The molecular formula is C16H15Cl2NO. The summed E-state index contributed by atoms with van der Waals surface area (Å²) in [5, 5.41) is 3.70. The summed E-state index contributed by atoms with van der Waals surface area (Å²) in [7, 11) is 0. The topological polar surface area (TPSA) is 29.1 Å². The van der Waals surface area contributed by atoms with Crippen LogP contribution in [-0.2, 0) is 0 Å². The second-order valence-electron chi connectivity index (χ2n) is 4.86. The van der Waals surface area contributed by atoms with Crippen molar-refractivity contribution in [1.82, 2.24) is 0 Å². The standard InChI is InChI=1S/C16H15Cl2NO/c1-10(2)11-4-3-5-13(8-11)19-16(20)14-7-6-12(17)9-15(14)18/h3-10H,1-2H3,(H,19,20). The van der Waals surface area contributed by atoms with E-state index in [9.17, 15) is 4.79 Å². The number of rotatable bonds is 3. The van der Waals surface area contributed by atoms with Crippen LogP contribution < -0.4 is 5.32 Å². The third kappa shape index (κ3) is 3.53. The van der Waals surface area contributed by atoms with Gasteiger partial charge in [0.1, 0.15) is 0 Å². The molecule has 0 aliphatic carbocycles. The van der Waals surface area contributed by atoms with Gasteiger partial charge in [-0.15, -0.1) is 0 Å². The molecule has 1 amide bonds. The molecule has 0 saturated heterocycles. The summed E-state index contributed by atoms with van der Waals surface area (Å²) >= 11 is 11.8. The number of halogens is 2.